The molecule has 1 aromatic heterocycles. The molecule has 0 amide bonds. The third-order valence-electron chi connectivity index (χ3n) is 7.37. The average Bonchev–Trinajstić information content (AvgIpc) is 2.86. The van der Waals surface area contributed by atoms with Crippen LogP contribution in [0.5, 0.6) is 0 Å². The van der Waals surface area contributed by atoms with Crippen LogP contribution in [0.3, 0.4) is 0 Å². The Hall–Kier alpha value is -2.97. The number of benzene rings is 2. The second-order valence-electron chi connectivity index (χ2n) is 10.5. The molecule has 5 rings (SSSR count). The van der Waals surface area contributed by atoms with E-state index in [1.54, 1.807) is 0 Å². The monoisotopic (exact) mass is 520 g/mol. The van der Waals surface area contributed by atoms with Gasteiger partial charge in [-0.15, -0.1) is 0 Å². The zero-order valence-electron chi connectivity index (χ0n) is 20.5. The van der Waals surface area contributed by atoms with Gasteiger partial charge in [0.2, 0.25) is 0 Å². The maximum absolute atomic E-state index is 13.8. The van der Waals surface area contributed by atoms with Gasteiger partial charge in [0.05, 0.1) is 12.2 Å². The molecule has 37 heavy (non-hydrogen) atoms. The zero-order chi connectivity index (χ0) is 26.6. The van der Waals surface area contributed by atoms with Gasteiger partial charge in [-0.3, -0.25) is 4.79 Å². The van der Waals surface area contributed by atoms with Gasteiger partial charge in [0, 0.05) is 23.2 Å². The second-order valence-corrected chi connectivity index (χ2v) is 10.9. The fourth-order valence-corrected chi connectivity index (χ4v) is 6.00. The first-order chi connectivity index (χ1) is 17.6. The maximum Gasteiger partial charge on any atom is 0.165 e. The van der Waals surface area contributed by atoms with Crippen LogP contribution >= 0.6 is 12.2 Å². The molecular weight excluding hydrogens is 492 g/mol. The Kier molecular flexibility index (Phi) is 6.52. The minimum Gasteiger partial charge on any atom is -0.394 e. The van der Waals surface area contributed by atoms with E-state index >= 15 is 0 Å². The second kappa shape index (κ2) is 9.40. The Morgan fingerprint density at radius 3 is 2.46 bits per heavy atom. The van der Waals surface area contributed by atoms with Crippen molar-refractivity contribution in [1.82, 2.24) is 4.57 Å². The van der Waals surface area contributed by atoms with Crippen LogP contribution in [-0.4, -0.2) is 61.8 Å². The molecule has 4 N–H and O–H groups in total. The highest BCUT2D eigenvalue weighted by atomic mass is 32.1. The van der Waals surface area contributed by atoms with E-state index in [1.165, 1.54) is 4.57 Å². The zero-order valence-corrected chi connectivity index (χ0v) is 21.3. The Morgan fingerprint density at radius 1 is 1.05 bits per heavy atom. The molecule has 2 aromatic carbocycles. The molecule has 1 aliphatic carbocycles. The molecule has 2 heterocycles. The van der Waals surface area contributed by atoms with Crippen molar-refractivity contribution < 1.29 is 30.0 Å². The third kappa shape index (κ3) is 4.10. The van der Waals surface area contributed by atoms with E-state index < -0.39 is 42.7 Å². The maximum atomic E-state index is 13.8. The summed E-state index contributed by atoms with van der Waals surface area (Å²) in [6, 6.07) is 15.5. The largest absolute Gasteiger partial charge is 0.394 e. The number of nitriles is 1. The molecule has 8 nitrogen and oxygen atoms in total. The summed E-state index contributed by atoms with van der Waals surface area (Å²) >= 11 is 5.81. The number of ether oxygens (including phenoxy) is 1. The number of pyridine rings is 1. The van der Waals surface area contributed by atoms with Crippen molar-refractivity contribution in [3.63, 3.8) is 0 Å². The molecule has 5 atom stereocenters. The SMILES string of the molecule is CC1(C)CC(=O)c2c(-c3cccc4ccccc34)c(C#N)c(=S)n([C@@H]3O[C@H](CO)[C@@H](O)[C@H](O)[C@H]3O)c2C1. The van der Waals surface area contributed by atoms with Crippen LogP contribution in [0, 0.1) is 21.4 Å². The van der Waals surface area contributed by atoms with Crippen LogP contribution in [0.25, 0.3) is 21.9 Å². The molecule has 1 fully saturated rings. The number of aliphatic hydroxyl groups is 4. The number of carbonyl (C=O) groups is 1. The molecule has 1 aliphatic heterocycles. The number of ketones is 1. The molecule has 0 saturated carbocycles. The third-order valence-corrected chi connectivity index (χ3v) is 7.77. The summed E-state index contributed by atoms with van der Waals surface area (Å²) in [5, 5.41) is 53.6. The number of hydrogen-bond donors (Lipinski definition) is 4. The summed E-state index contributed by atoms with van der Waals surface area (Å²) in [7, 11) is 0. The van der Waals surface area contributed by atoms with Crippen molar-refractivity contribution in [3.8, 4) is 17.2 Å². The lowest BCUT2D eigenvalue weighted by molar-refractivity contribution is -0.252. The number of hydrogen-bond acceptors (Lipinski definition) is 8. The Morgan fingerprint density at radius 2 is 1.76 bits per heavy atom. The van der Waals surface area contributed by atoms with E-state index in [2.05, 4.69) is 6.07 Å². The van der Waals surface area contributed by atoms with Gasteiger partial charge >= 0.3 is 0 Å². The Labute approximate surface area is 219 Å². The molecule has 0 radical (unpaired) electrons. The van der Waals surface area contributed by atoms with Gasteiger partial charge in [-0.1, -0.05) is 68.5 Å². The minimum absolute atomic E-state index is 0.0408. The average molecular weight is 521 g/mol. The molecule has 0 bridgehead atoms. The minimum atomic E-state index is -1.64. The van der Waals surface area contributed by atoms with Gasteiger partial charge in [-0.05, 0) is 28.2 Å². The van der Waals surface area contributed by atoms with Gasteiger partial charge in [0.1, 0.15) is 35.1 Å². The van der Waals surface area contributed by atoms with Gasteiger partial charge in [-0.2, -0.15) is 5.26 Å². The van der Waals surface area contributed by atoms with Crippen molar-refractivity contribution in [1.29, 1.82) is 5.26 Å². The normalized spacial score (nSPS) is 27.1. The lowest BCUT2D eigenvalue weighted by Crippen LogP contribution is -2.57. The molecule has 192 valence electrons. The summed E-state index contributed by atoms with van der Waals surface area (Å²) in [5.41, 5.74) is 1.59. The molecule has 1 saturated heterocycles. The number of Topliss-reactive ketones (excluding diaryl/α,β-unsaturated/α-hetero) is 1. The standard InChI is InChI=1S/C28H28N2O6S/c1-28(2)10-18-22(19(32)11-28)21(16-9-5-7-14-6-3-4-8-15(14)16)17(12-29)27(37)30(18)26-25(35)24(34)23(33)20(13-31)36-26/h3-9,20,23-26,31,33-35H,10-11,13H2,1-2H3/t20-,23-,24+,25-,26-/m1/s1. The number of carbonyl (C=O) groups excluding carboxylic acids is 1. The van der Waals surface area contributed by atoms with E-state index in [4.69, 9.17) is 17.0 Å². The number of fused-ring (bicyclic) bond motifs is 2. The van der Waals surface area contributed by atoms with Crippen molar-refractivity contribution in [2.24, 2.45) is 5.41 Å². The molecule has 0 spiro atoms. The van der Waals surface area contributed by atoms with E-state index in [0.717, 1.165) is 10.8 Å². The highest BCUT2D eigenvalue weighted by molar-refractivity contribution is 7.71. The van der Waals surface area contributed by atoms with Gasteiger partial charge < -0.3 is 29.7 Å². The lowest BCUT2D eigenvalue weighted by Gasteiger charge is -2.43. The Balaban J connectivity index is 1.87. The molecule has 9 heteroatoms. The van der Waals surface area contributed by atoms with Crippen LogP contribution in [0.1, 0.15) is 48.1 Å². The van der Waals surface area contributed by atoms with Gasteiger partial charge in [0.15, 0.2) is 12.0 Å². The number of nitrogens with zero attached hydrogens (tertiary/aromatic N) is 2. The smallest absolute Gasteiger partial charge is 0.165 e. The fourth-order valence-electron chi connectivity index (χ4n) is 5.63. The first kappa shape index (κ1) is 25.7. The van der Waals surface area contributed by atoms with Crippen molar-refractivity contribution in [3.05, 3.63) is 63.9 Å². The molecular formula is C28H28N2O6S. The summed E-state index contributed by atoms with van der Waals surface area (Å²) in [4.78, 5) is 13.8. The van der Waals surface area contributed by atoms with Crippen LogP contribution < -0.4 is 0 Å². The van der Waals surface area contributed by atoms with Gasteiger partial charge in [-0.25, -0.2) is 0 Å². The van der Waals surface area contributed by atoms with E-state index in [0.29, 0.717) is 28.8 Å². The van der Waals surface area contributed by atoms with Crippen LogP contribution in [-0.2, 0) is 11.2 Å². The van der Waals surface area contributed by atoms with Crippen LogP contribution in [0.15, 0.2) is 42.5 Å². The predicted molar refractivity (Wildman–Crippen MR) is 138 cm³/mol. The summed E-state index contributed by atoms with van der Waals surface area (Å²) < 4.78 is 7.32. The molecule has 2 aliphatic rings. The van der Waals surface area contributed by atoms with E-state index in [-0.39, 0.29) is 22.4 Å². The van der Waals surface area contributed by atoms with Crippen LogP contribution in [0.4, 0.5) is 0 Å². The van der Waals surface area contributed by atoms with Crippen molar-refractivity contribution in [2.45, 2.75) is 57.3 Å². The lowest BCUT2D eigenvalue weighted by atomic mass is 9.73. The topological polar surface area (TPSA) is 136 Å². The molecule has 0 unspecified atom stereocenters. The number of rotatable bonds is 3. The highest BCUT2D eigenvalue weighted by Gasteiger charge is 2.47. The Bertz CT molecular complexity index is 1500. The summed E-state index contributed by atoms with van der Waals surface area (Å²) in [5.74, 6) is -0.168. The number of aliphatic hydroxyl groups excluding tert-OH is 4. The predicted octanol–water partition coefficient (Wildman–Crippen LogP) is 3.04. The highest BCUT2D eigenvalue weighted by Crippen LogP contribution is 2.44. The summed E-state index contributed by atoms with van der Waals surface area (Å²) in [6.07, 6.45) is -6.68. The molecule has 3 aromatic rings. The fraction of sp³-hybridized carbons (Fsp3) is 0.393. The van der Waals surface area contributed by atoms with Gasteiger partial charge in [0.25, 0.3) is 0 Å². The first-order valence-electron chi connectivity index (χ1n) is 12.1. The summed E-state index contributed by atoms with van der Waals surface area (Å²) in [6.45, 7) is 3.29. The van der Waals surface area contributed by atoms with E-state index in [1.807, 2.05) is 56.3 Å². The van der Waals surface area contributed by atoms with Crippen molar-refractivity contribution >= 4 is 28.8 Å². The quantitative estimate of drug-likeness (QED) is 0.387. The van der Waals surface area contributed by atoms with Crippen molar-refractivity contribution in [2.75, 3.05) is 6.61 Å². The number of aromatic nitrogens is 1. The van der Waals surface area contributed by atoms with Crippen LogP contribution in [0.2, 0.25) is 0 Å². The first-order valence-corrected chi connectivity index (χ1v) is 12.5. The van der Waals surface area contributed by atoms with E-state index in [9.17, 15) is 30.5 Å².